The summed E-state index contributed by atoms with van der Waals surface area (Å²) in [5.74, 6) is -0.0779. The van der Waals surface area contributed by atoms with Gasteiger partial charge in [-0.3, -0.25) is 9.48 Å². The summed E-state index contributed by atoms with van der Waals surface area (Å²) in [5, 5.41) is 9.65. The van der Waals surface area contributed by atoms with Crippen LogP contribution in [0.5, 0.6) is 0 Å². The molecule has 3 aromatic rings. The molecule has 1 heterocycles. The minimum atomic E-state index is -0.309. The van der Waals surface area contributed by atoms with Gasteiger partial charge >= 0.3 is 6.03 Å². The van der Waals surface area contributed by atoms with Crippen molar-refractivity contribution in [2.24, 2.45) is 7.05 Å². The van der Waals surface area contributed by atoms with Gasteiger partial charge in [-0.25, -0.2) is 4.79 Å². The predicted octanol–water partition coefficient (Wildman–Crippen LogP) is 3.02. The summed E-state index contributed by atoms with van der Waals surface area (Å²) in [6.45, 7) is 0.494. The van der Waals surface area contributed by atoms with Crippen molar-refractivity contribution in [3.8, 4) is 0 Å². The zero-order valence-electron chi connectivity index (χ0n) is 14.5. The highest BCUT2D eigenvalue weighted by Gasteiger charge is 2.10. The Bertz CT molecular complexity index is 903. The second kappa shape index (κ2) is 8.11. The van der Waals surface area contributed by atoms with Crippen molar-refractivity contribution in [3.05, 3.63) is 83.7 Å². The number of nitrogens with zero attached hydrogens (tertiary/aromatic N) is 2. The van der Waals surface area contributed by atoms with Gasteiger partial charge in [-0.1, -0.05) is 42.5 Å². The zero-order chi connectivity index (χ0) is 18.4. The first-order valence-corrected chi connectivity index (χ1v) is 8.35. The number of benzene rings is 2. The van der Waals surface area contributed by atoms with E-state index in [0.29, 0.717) is 29.8 Å². The molecule has 2 aromatic carbocycles. The Hall–Kier alpha value is -3.41. The van der Waals surface area contributed by atoms with Crippen molar-refractivity contribution < 1.29 is 9.59 Å². The number of urea groups is 1. The van der Waals surface area contributed by atoms with Crippen LogP contribution in [0.1, 0.15) is 21.6 Å². The van der Waals surface area contributed by atoms with E-state index in [1.165, 1.54) is 0 Å². The number of anilines is 1. The third kappa shape index (κ3) is 4.36. The smallest absolute Gasteiger partial charge is 0.319 e. The lowest BCUT2D eigenvalue weighted by molar-refractivity contribution is 0.103. The number of aromatic nitrogens is 2. The van der Waals surface area contributed by atoms with Gasteiger partial charge in [0.1, 0.15) is 0 Å². The van der Waals surface area contributed by atoms with Crippen molar-refractivity contribution in [1.82, 2.24) is 15.1 Å². The summed E-state index contributed by atoms with van der Waals surface area (Å²) in [6.07, 6.45) is 2.42. The van der Waals surface area contributed by atoms with Crippen molar-refractivity contribution in [1.29, 1.82) is 0 Å². The molecule has 0 saturated carbocycles. The quantitative estimate of drug-likeness (QED) is 0.672. The van der Waals surface area contributed by atoms with Crippen molar-refractivity contribution in [2.45, 2.75) is 6.42 Å². The van der Waals surface area contributed by atoms with Crippen LogP contribution in [0.25, 0.3) is 0 Å². The van der Waals surface area contributed by atoms with Crippen LogP contribution in [0.2, 0.25) is 0 Å². The van der Waals surface area contributed by atoms with Crippen LogP contribution >= 0.6 is 0 Å². The molecule has 0 aliphatic rings. The second-order valence-electron chi connectivity index (χ2n) is 5.85. The van der Waals surface area contributed by atoms with Gasteiger partial charge < -0.3 is 10.6 Å². The first-order chi connectivity index (χ1) is 12.6. The summed E-state index contributed by atoms with van der Waals surface area (Å²) in [7, 11) is 1.87. The number of hydrogen-bond acceptors (Lipinski definition) is 3. The molecule has 132 valence electrons. The topological polar surface area (TPSA) is 76.0 Å². The first kappa shape index (κ1) is 17.4. The Kier molecular flexibility index (Phi) is 5.43. The molecule has 0 fully saturated rings. The standard InChI is InChI=1S/C20H20N4O2/c1-24-18(11-13-22-24)10-12-21-20(26)23-17-9-5-8-16(14-17)19(25)15-6-3-2-4-7-15/h2-9,11,13-14H,10,12H2,1H3,(H2,21,23,26). The molecule has 0 aliphatic heterocycles. The van der Waals surface area contributed by atoms with Gasteiger partial charge in [-0.2, -0.15) is 5.10 Å². The Labute approximate surface area is 151 Å². The molecule has 2 amide bonds. The van der Waals surface area contributed by atoms with Crippen LogP contribution in [0.4, 0.5) is 10.5 Å². The molecule has 0 atom stereocenters. The fourth-order valence-corrected chi connectivity index (χ4v) is 2.62. The molecule has 26 heavy (non-hydrogen) atoms. The van der Waals surface area contributed by atoms with E-state index in [1.807, 2.05) is 31.3 Å². The molecule has 0 aliphatic carbocycles. The maximum Gasteiger partial charge on any atom is 0.319 e. The summed E-state index contributed by atoms with van der Waals surface area (Å²) >= 11 is 0. The molecular weight excluding hydrogens is 328 g/mol. The third-order valence-corrected chi connectivity index (χ3v) is 4.01. The lowest BCUT2D eigenvalue weighted by atomic mass is 10.0. The monoisotopic (exact) mass is 348 g/mol. The van der Waals surface area contributed by atoms with Crippen LogP contribution < -0.4 is 10.6 Å². The largest absolute Gasteiger partial charge is 0.337 e. The van der Waals surface area contributed by atoms with Crippen molar-refractivity contribution in [2.75, 3.05) is 11.9 Å². The van der Waals surface area contributed by atoms with E-state index in [4.69, 9.17) is 0 Å². The van der Waals surface area contributed by atoms with Crippen LogP contribution in [0.15, 0.2) is 66.9 Å². The first-order valence-electron chi connectivity index (χ1n) is 8.35. The van der Waals surface area contributed by atoms with Crippen LogP contribution in [-0.2, 0) is 13.5 Å². The Morgan fingerprint density at radius 3 is 2.50 bits per heavy atom. The Morgan fingerprint density at radius 2 is 1.77 bits per heavy atom. The number of nitrogens with one attached hydrogen (secondary N) is 2. The molecule has 1 aromatic heterocycles. The van der Waals surface area contributed by atoms with Gasteiger partial charge in [-0.05, 0) is 18.2 Å². The van der Waals surface area contributed by atoms with E-state index < -0.39 is 0 Å². The van der Waals surface area contributed by atoms with E-state index in [2.05, 4.69) is 15.7 Å². The minimum Gasteiger partial charge on any atom is -0.337 e. The summed E-state index contributed by atoms with van der Waals surface area (Å²) in [4.78, 5) is 24.5. The molecule has 6 heteroatoms. The zero-order valence-corrected chi connectivity index (χ0v) is 14.5. The predicted molar refractivity (Wildman–Crippen MR) is 100 cm³/mol. The van der Waals surface area contributed by atoms with Gasteiger partial charge in [0.15, 0.2) is 5.78 Å². The summed E-state index contributed by atoms with van der Waals surface area (Å²) < 4.78 is 1.78. The number of carbonyl (C=O) groups excluding carboxylic acids is 2. The summed E-state index contributed by atoms with van der Waals surface area (Å²) in [6, 6.07) is 17.6. The average Bonchev–Trinajstić information content (AvgIpc) is 3.07. The van der Waals surface area contributed by atoms with E-state index >= 15 is 0 Å². The molecule has 0 saturated heterocycles. The molecule has 0 radical (unpaired) electrons. The highest BCUT2D eigenvalue weighted by Crippen LogP contribution is 2.15. The van der Waals surface area contributed by atoms with E-state index in [-0.39, 0.29) is 11.8 Å². The van der Waals surface area contributed by atoms with E-state index in [1.54, 1.807) is 47.3 Å². The molecule has 6 nitrogen and oxygen atoms in total. The number of ketones is 1. The van der Waals surface area contributed by atoms with E-state index in [0.717, 1.165) is 5.69 Å². The molecule has 2 N–H and O–H groups in total. The maximum atomic E-state index is 12.5. The van der Waals surface area contributed by atoms with Gasteiger partial charge in [0.05, 0.1) is 0 Å². The lowest BCUT2D eigenvalue weighted by Gasteiger charge is -2.09. The van der Waals surface area contributed by atoms with E-state index in [9.17, 15) is 9.59 Å². The second-order valence-corrected chi connectivity index (χ2v) is 5.85. The molecule has 0 spiro atoms. The highest BCUT2D eigenvalue weighted by molar-refractivity contribution is 6.09. The Balaban J connectivity index is 1.57. The molecule has 0 bridgehead atoms. The third-order valence-electron chi connectivity index (χ3n) is 4.01. The van der Waals surface area contributed by atoms with Crippen LogP contribution in [0.3, 0.4) is 0 Å². The number of amides is 2. The molecule has 0 unspecified atom stereocenters. The fourth-order valence-electron chi connectivity index (χ4n) is 2.62. The fraction of sp³-hybridized carbons (Fsp3) is 0.150. The minimum absolute atomic E-state index is 0.0779. The van der Waals surface area contributed by atoms with Crippen LogP contribution in [-0.4, -0.2) is 28.1 Å². The maximum absolute atomic E-state index is 12.5. The normalized spacial score (nSPS) is 10.3. The molecular formula is C20H20N4O2. The number of rotatable bonds is 6. The van der Waals surface area contributed by atoms with Gasteiger partial charge in [0, 0.05) is 48.7 Å². The number of carbonyl (C=O) groups is 2. The van der Waals surface area contributed by atoms with Gasteiger partial charge in [0.2, 0.25) is 0 Å². The highest BCUT2D eigenvalue weighted by atomic mass is 16.2. The average molecular weight is 348 g/mol. The van der Waals surface area contributed by atoms with Crippen LogP contribution in [0, 0.1) is 0 Å². The van der Waals surface area contributed by atoms with Gasteiger partial charge in [0.25, 0.3) is 0 Å². The molecule has 3 rings (SSSR count). The summed E-state index contributed by atoms with van der Waals surface area (Å²) in [5.41, 5.74) is 2.76. The lowest BCUT2D eigenvalue weighted by Crippen LogP contribution is -2.30. The van der Waals surface area contributed by atoms with Gasteiger partial charge in [-0.15, -0.1) is 0 Å². The number of hydrogen-bond donors (Lipinski definition) is 2. The SMILES string of the molecule is Cn1nccc1CCNC(=O)Nc1cccc(C(=O)c2ccccc2)c1. The van der Waals surface area contributed by atoms with Crippen molar-refractivity contribution in [3.63, 3.8) is 0 Å². The Morgan fingerprint density at radius 1 is 1.00 bits per heavy atom. The van der Waals surface area contributed by atoms with Crippen molar-refractivity contribution >= 4 is 17.5 Å². The number of aryl methyl sites for hydroxylation is 1.